The number of thiophene rings is 1. The van der Waals surface area contributed by atoms with Crippen molar-refractivity contribution in [1.82, 2.24) is 9.88 Å². The van der Waals surface area contributed by atoms with Gasteiger partial charge in [0.15, 0.2) is 0 Å². The molecule has 0 spiro atoms. The maximum atomic E-state index is 13.8. The van der Waals surface area contributed by atoms with Gasteiger partial charge in [-0.3, -0.25) is 14.9 Å². The molecule has 4 amide bonds. The number of barbiturate groups is 1. The van der Waals surface area contributed by atoms with Gasteiger partial charge in [-0.2, -0.15) is 0 Å². The smallest absolute Gasteiger partial charge is 0.341 e. The molecule has 1 saturated heterocycles. The maximum Gasteiger partial charge on any atom is 0.341 e. The molecule has 5 rings (SSSR count). The molecule has 0 saturated carbocycles. The number of aryl methyl sites for hydroxylation is 2. The quantitative estimate of drug-likeness (QED) is 0.190. The van der Waals surface area contributed by atoms with Crippen LogP contribution in [0, 0.1) is 13.8 Å². The topological polar surface area (TPSA) is 116 Å². The van der Waals surface area contributed by atoms with Crippen LogP contribution in [-0.2, 0) is 27.2 Å². The maximum absolute atomic E-state index is 13.8. The summed E-state index contributed by atoms with van der Waals surface area (Å²) in [4.78, 5) is 55.1. The van der Waals surface area contributed by atoms with Crippen molar-refractivity contribution < 1.29 is 33.4 Å². The van der Waals surface area contributed by atoms with E-state index in [2.05, 4.69) is 5.32 Å². The normalized spacial score (nSPS) is 15.9. The van der Waals surface area contributed by atoms with Crippen LogP contribution in [0.4, 0.5) is 10.5 Å². The van der Waals surface area contributed by atoms with E-state index in [9.17, 15) is 19.2 Å². The Labute approximate surface area is 254 Å². The fraction of sp³-hybridized carbons (Fsp3) is 0.375. The summed E-state index contributed by atoms with van der Waals surface area (Å²) in [5.74, 6) is -1.18. The van der Waals surface area contributed by atoms with Gasteiger partial charge >= 0.3 is 12.0 Å². The Balaban J connectivity index is 1.59. The third-order valence-corrected chi connectivity index (χ3v) is 8.77. The molecule has 1 aliphatic heterocycles. The van der Waals surface area contributed by atoms with Crippen molar-refractivity contribution in [2.75, 3.05) is 24.7 Å². The first-order chi connectivity index (χ1) is 20.7. The van der Waals surface area contributed by atoms with Crippen molar-refractivity contribution in [3.63, 3.8) is 0 Å². The van der Waals surface area contributed by atoms with Gasteiger partial charge in [0.1, 0.15) is 22.1 Å². The van der Waals surface area contributed by atoms with Crippen molar-refractivity contribution in [3.05, 3.63) is 62.8 Å². The van der Waals surface area contributed by atoms with E-state index >= 15 is 0 Å². The molecule has 43 heavy (non-hydrogen) atoms. The van der Waals surface area contributed by atoms with Crippen LogP contribution in [0.3, 0.4) is 0 Å². The Bertz CT molecular complexity index is 1650. The minimum atomic E-state index is -0.879. The van der Waals surface area contributed by atoms with Crippen LogP contribution >= 0.6 is 11.3 Å². The van der Waals surface area contributed by atoms with Crippen LogP contribution in [-0.4, -0.2) is 48.2 Å². The number of esters is 1. The van der Waals surface area contributed by atoms with E-state index in [1.54, 1.807) is 43.4 Å². The number of carbonyl (C=O) groups excluding carboxylic acids is 4. The van der Waals surface area contributed by atoms with Crippen molar-refractivity contribution in [2.45, 2.75) is 60.3 Å². The summed E-state index contributed by atoms with van der Waals surface area (Å²) in [6.07, 6.45) is 5.31. The highest BCUT2D eigenvalue weighted by molar-refractivity contribution is 7.15. The van der Waals surface area contributed by atoms with Gasteiger partial charge in [-0.25, -0.2) is 14.5 Å². The number of carbonyl (C=O) groups is 4. The molecule has 10 nitrogen and oxygen atoms in total. The van der Waals surface area contributed by atoms with Gasteiger partial charge in [0.2, 0.25) is 0 Å². The number of aromatic nitrogens is 1. The first-order valence-corrected chi connectivity index (χ1v) is 15.3. The Hall–Kier alpha value is -4.38. The number of amides is 4. The van der Waals surface area contributed by atoms with E-state index in [4.69, 9.17) is 14.2 Å². The van der Waals surface area contributed by atoms with Crippen LogP contribution in [0.25, 0.3) is 11.1 Å². The number of rotatable bonds is 9. The highest BCUT2D eigenvalue weighted by Crippen LogP contribution is 2.40. The molecule has 11 heteroatoms. The van der Waals surface area contributed by atoms with Gasteiger partial charge < -0.3 is 18.8 Å². The summed E-state index contributed by atoms with van der Waals surface area (Å²) in [5, 5.41) is 3.06. The number of urea groups is 1. The summed E-state index contributed by atoms with van der Waals surface area (Å²) in [7, 11) is 0. The average molecular weight is 606 g/mol. The minimum absolute atomic E-state index is 0.169. The second-order valence-corrected chi connectivity index (χ2v) is 11.3. The second-order valence-electron chi connectivity index (χ2n) is 10.2. The molecule has 1 fully saturated rings. The van der Waals surface area contributed by atoms with Gasteiger partial charge in [0, 0.05) is 22.3 Å². The fourth-order valence-electron chi connectivity index (χ4n) is 5.61. The summed E-state index contributed by atoms with van der Waals surface area (Å²) in [6.45, 7) is 10.2. The lowest BCUT2D eigenvalue weighted by Crippen LogP contribution is -2.54. The zero-order chi connectivity index (χ0) is 30.8. The first kappa shape index (κ1) is 30.1. The number of benzene rings is 1. The lowest BCUT2D eigenvalue weighted by atomic mass is 9.95. The van der Waals surface area contributed by atoms with Crippen LogP contribution in [0.5, 0.6) is 11.5 Å². The molecule has 1 aromatic carbocycles. The summed E-state index contributed by atoms with van der Waals surface area (Å²) in [6, 6.07) is 5.84. The largest absolute Gasteiger partial charge is 0.494 e. The third-order valence-electron chi connectivity index (χ3n) is 7.49. The predicted molar refractivity (Wildman–Crippen MR) is 164 cm³/mol. The predicted octanol–water partition coefficient (Wildman–Crippen LogP) is 5.67. The van der Waals surface area contributed by atoms with Crippen molar-refractivity contribution in [1.29, 1.82) is 0 Å². The summed E-state index contributed by atoms with van der Waals surface area (Å²) < 4.78 is 18.7. The average Bonchev–Trinajstić information content (AvgIpc) is 3.48. The molecule has 2 aromatic heterocycles. The van der Waals surface area contributed by atoms with Crippen molar-refractivity contribution in [3.8, 4) is 16.5 Å². The lowest BCUT2D eigenvalue weighted by Gasteiger charge is -2.28. The standard InChI is InChI=1S/C32H35N3O7S/c1-6-40-21-13-14-25(41-7-2)24(17-21)35-29(37)23(28(36)33-32(35)39)16-20-15-18(4)34(19(20)5)30-27(31(38)42-8-3)22-11-9-10-12-26(22)43-30/h13-17H,6-12H2,1-5H3,(H,33,36,39)/b23-16+. The highest BCUT2D eigenvalue weighted by atomic mass is 32.1. The molecule has 1 N–H and O–H groups in total. The zero-order valence-corrected chi connectivity index (χ0v) is 25.8. The molecular weight excluding hydrogens is 570 g/mol. The van der Waals surface area contributed by atoms with Gasteiger partial charge in [-0.15, -0.1) is 11.3 Å². The molecule has 0 radical (unpaired) electrons. The Kier molecular flexibility index (Phi) is 8.72. The van der Waals surface area contributed by atoms with E-state index in [1.165, 1.54) is 11.0 Å². The van der Waals surface area contributed by atoms with Gasteiger partial charge in [0.05, 0.1) is 31.1 Å². The van der Waals surface area contributed by atoms with Gasteiger partial charge in [-0.1, -0.05) is 0 Å². The van der Waals surface area contributed by atoms with E-state index in [0.717, 1.165) is 52.5 Å². The van der Waals surface area contributed by atoms with Crippen LogP contribution in [0.2, 0.25) is 0 Å². The summed E-state index contributed by atoms with van der Waals surface area (Å²) in [5.41, 5.74) is 3.78. The van der Waals surface area contributed by atoms with Gasteiger partial charge in [-0.05, 0) is 95.7 Å². The van der Waals surface area contributed by atoms with Crippen LogP contribution in [0.15, 0.2) is 29.8 Å². The minimum Gasteiger partial charge on any atom is -0.494 e. The number of hydrogen-bond donors (Lipinski definition) is 1. The second kappa shape index (κ2) is 12.5. The molecular formula is C32H35N3O7S. The van der Waals surface area contributed by atoms with E-state index in [-0.39, 0.29) is 23.8 Å². The highest BCUT2D eigenvalue weighted by Gasteiger charge is 2.39. The lowest BCUT2D eigenvalue weighted by molar-refractivity contribution is -0.122. The number of hydrogen-bond acceptors (Lipinski definition) is 8. The Morgan fingerprint density at radius 1 is 1.00 bits per heavy atom. The molecule has 2 aliphatic rings. The molecule has 226 valence electrons. The van der Waals surface area contributed by atoms with Crippen LogP contribution < -0.4 is 19.7 Å². The molecule has 0 atom stereocenters. The molecule has 3 aromatic rings. The van der Waals surface area contributed by atoms with E-state index in [1.807, 2.05) is 31.4 Å². The number of ether oxygens (including phenoxy) is 3. The van der Waals surface area contributed by atoms with Crippen molar-refractivity contribution >= 4 is 46.9 Å². The molecule has 0 unspecified atom stereocenters. The fourth-order valence-corrected chi connectivity index (χ4v) is 7.09. The first-order valence-electron chi connectivity index (χ1n) is 14.5. The molecule has 0 bridgehead atoms. The number of fused-ring (bicyclic) bond motifs is 1. The number of nitrogens with one attached hydrogen (secondary N) is 1. The van der Waals surface area contributed by atoms with E-state index in [0.29, 0.717) is 35.8 Å². The van der Waals surface area contributed by atoms with Crippen LogP contribution in [0.1, 0.15) is 71.4 Å². The van der Waals surface area contributed by atoms with E-state index < -0.39 is 17.8 Å². The van der Waals surface area contributed by atoms with Gasteiger partial charge in [0.25, 0.3) is 11.8 Å². The van der Waals surface area contributed by atoms with Crippen molar-refractivity contribution in [2.24, 2.45) is 0 Å². The monoisotopic (exact) mass is 605 g/mol. The number of anilines is 1. The number of nitrogens with zero attached hydrogens (tertiary/aromatic N) is 2. The molecule has 1 aliphatic carbocycles. The zero-order valence-electron chi connectivity index (χ0n) is 25.0. The Morgan fingerprint density at radius 3 is 2.47 bits per heavy atom. The number of imide groups is 2. The molecule has 3 heterocycles. The SMILES string of the molecule is CCOC(=O)c1c(-n2c(C)cc(/C=C3\C(=O)NC(=O)N(c4cc(OCC)ccc4OCC)C3=O)c2C)sc2c1CCCC2. The third kappa shape index (κ3) is 5.56. The summed E-state index contributed by atoms with van der Waals surface area (Å²) >= 11 is 1.58. The Morgan fingerprint density at radius 2 is 1.74 bits per heavy atom.